The fraction of sp³-hybridized carbons (Fsp3) is 0.550. The normalized spacial score (nSPS) is 20.8. The molecule has 0 amide bonds. The lowest BCUT2D eigenvalue weighted by atomic mass is 9.82. The van der Waals surface area contributed by atoms with Crippen LogP contribution in [0, 0.1) is 0 Å². The van der Waals surface area contributed by atoms with Crippen LogP contribution in [0.5, 0.6) is 0 Å². The molecule has 0 spiro atoms. The van der Waals surface area contributed by atoms with Gasteiger partial charge in [0, 0.05) is 12.7 Å². The first-order chi connectivity index (χ1) is 13.7. The molecular formula is C20H25N3OS3Si. The minimum Gasteiger partial charge on any atom is -0.378 e. The highest BCUT2D eigenvalue weighted by Gasteiger charge is 2.34. The molecule has 0 aromatic heterocycles. The quantitative estimate of drug-likeness (QED) is 0.193. The lowest BCUT2D eigenvalue weighted by Crippen LogP contribution is -2.28. The summed E-state index contributed by atoms with van der Waals surface area (Å²) >= 11 is 14.2. The van der Waals surface area contributed by atoms with Crippen molar-refractivity contribution in [1.29, 1.82) is 0 Å². The van der Waals surface area contributed by atoms with E-state index in [0.29, 0.717) is 24.7 Å². The number of hydrogen-bond acceptors (Lipinski definition) is 7. The second-order valence-electron chi connectivity index (χ2n) is 6.93. The number of aryl methyl sites for hydroxylation is 1. The van der Waals surface area contributed by atoms with Gasteiger partial charge in [-0.2, -0.15) is 0 Å². The van der Waals surface area contributed by atoms with Crippen LogP contribution in [0.4, 0.5) is 0 Å². The highest BCUT2D eigenvalue weighted by atomic mass is 32.1. The Morgan fingerprint density at radius 3 is 2.04 bits per heavy atom. The Balaban J connectivity index is 1.78. The molecule has 28 heavy (non-hydrogen) atoms. The van der Waals surface area contributed by atoms with E-state index in [9.17, 15) is 0 Å². The average Bonchev–Trinajstić information content (AvgIpc) is 2.72. The summed E-state index contributed by atoms with van der Waals surface area (Å²) in [7, 11) is -2.80. The molecular weight excluding hydrogens is 423 g/mol. The Labute approximate surface area is 184 Å². The first-order valence-electron chi connectivity index (χ1n) is 9.64. The van der Waals surface area contributed by atoms with Gasteiger partial charge in [-0.25, -0.2) is 14.0 Å². The van der Waals surface area contributed by atoms with E-state index in [0.717, 1.165) is 25.7 Å². The Morgan fingerprint density at radius 2 is 1.54 bits per heavy atom. The maximum atomic E-state index is 6.09. The zero-order valence-electron chi connectivity index (χ0n) is 16.1. The third kappa shape index (κ3) is 7.00. The van der Waals surface area contributed by atoms with E-state index in [1.807, 2.05) is 0 Å². The summed E-state index contributed by atoms with van der Waals surface area (Å²) in [6.07, 6.45) is 6.72. The number of benzene rings is 1. The van der Waals surface area contributed by atoms with Gasteiger partial charge in [0.25, 0.3) is 0 Å². The smallest absolute Gasteiger partial charge is 0.378 e. The van der Waals surface area contributed by atoms with E-state index in [-0.39, 0.29) is 0 Å². The Morgan fingerprint density at radius 1 is 0.964 bits per heavy atom. The van der Waals surface area contributed by atoms with Gasteiger partial charge >= 0.3 is 8.56 Å². The van der Waals surface area contributed by atoms with Crippen LogP contribution in [0.1, 0.15) is 56.1 Å². The Bertz CT molecular complexity index is 729. The van der Waals surface area contributed by atoms with E-state index < -0.39 is 8.56 Å². The Kier molecular flexibility index (Phi) is 10.2. The maximum absolute atomic E-state index is 6.09. The van der Waals surface area contributed by atoms with Crippen molar-refractivity contribution in [2.24, 2.45) is 14.0 Å². The zero-order valence-corrected chi connectivity index (χ0v) is 19.5. The van der Waals surface area contributed by atoms with Crippen LogP contribution in [0.3, 0.4) is 0 Å². The van der Waals surface area contributed by atoms with Gasteiger partial charge in [-0.05, 0) is 92.2 Å². The average molecular weight is 448 g/mol. The van der Waals surface area contributed by atoms with Crippen LogP contribution in [0.15, 0.2) is 38.2 Å². The molecule has 1 aromatic carbocycles. The van der Waals surface area contributed by atoms with Crippen LogP contribution < -0.4 is 0 Å². The van der Waals surface area contributed by atoms with Crippen molar-refractivity contribution in [1.82, 2.24) is 0 Å². The lowest BCUT2D eigenvalue weighted by Gasteiger charge is -2.29. The highest BCUT2D eigenvalue weighted by Crippen LogP contribution is 2.34. The monoisotopic (exact) mass is 447 g/mol. The minimum absolute atomic E-state index is 0.319. The summed E-state index contributed by atoms with van der Waals surface area (Å²) in [5, 5.41) is 7.10. The number of hydrogen-bond donors (Lipinski definition) is 0. The lowest BCUT2D eigenvalue weighted by molar-refractivity contribution is 0.0250. The molecule has 0 atom stereocenters. The number of rotatable bonds is 10. The predicted molar refractivity (Wildman–Crippen MR) is 127 cm³/mol. The first-order valence-corrected chi connectivity index (χ1v) is 12.9. The van der Waals surface area contributed by atoms with Gasteiger partial charge in [-0.15, -0.1) is 0 Å². The van der Waals surface area contributed by atoms with E-state index in [4.69, 9.17) is 41.4 Å². The van der Waals surface area contributed by atoms with Crippen LogP contribution >= 0.6 is 36.7 Å². The van der Waals surface area contributed by atoms with Crippen LogP contribution in [0.25, 0.3) is 0 Å². The minimum atomic E-state index is -2.80. The molecule has 4 nitrogen and oxygen atoms in total. The van der Waals surface area contributed by atoms with E-state index in [1.54, 1.807) is 0 Å². The summed E-state index contributed by atoms with van der Waals surface area (Å²) < 4.78 is 18.5. The molecule has 0 heterocycles. The second-order valence-corrected chi connectivity index (χ2v) is 10.2. The molecule has 1 aliphatic rings. The Hall–Kier alpha value is -1.20. The SMILES string of the molecule is CCc1ccc([C@H]2CC[C@H](OCCC[Si](N=C=S)(N=C=S)N=C=S)CC2)cc1. The van der Waals surface area contributed by atoms with Crippen molar-refractivity contribution in [3.05, 3.63) is 35.4 Å². The van der Waals surface area contributed by atoms with Crippen molar-refractivity contribution in [3.63, 3.8) is 0 Å². The van der Waals surface area contributed by atoms with E-state index in [1.165, 1.54) is 24.0 Å². The van der Waals surface area contributed by atoms with Gasteiger partial charge in [-0.1, -0.05) is 31.2 Å². The molecule has 1 aliphatic carbocycles. The van der Waals surface area contributed by atoms with Gasteiger partial charge in [-0.3, -0.25) is 0 Å². The summed E-state index contributed by atoms with van der Waals surface area (Å²) in [5.41, 5.74) is 2.86. The molecule has 0 saturated heterocycles. The van der Waals surface area contributed by atoms with Crippen LogP contribution in [-0.2, 0) is 11.2 Å². The number of thiocarbonyl (C=S) groups is 3. The molecule has 8 heteroatoms. The molecule has 0 N–H and O–H groups in total. The highest BCUT2D eigenvalue weighted by molar-refractivity contribution is 7.78. The number of ether oxygens (including phenoxy) is 1. The summed E-state index contributed by atoms with van der Waals surface area (Å²) in [6.45, 7) is 2.83. The first kappa shape index (κ1) is 23.1. The third-order valence-electron chi connectivity index (χ3n) is 5.22. The van der Waals surface area contributed by atoms with E-state index >= 15 is 0 Å². The molecule has 0 radical (unpaired) electrons. The maximum Gasteiger partial charge on any atom is 0.461 e. The van der Waals surface area contributed by atoms with Crippen LogP contribution in [0.2, 0.25) is 6.04 Å². The molecule has 1 saturated carbocycles. The molecule has 0 unspecified atom stereocenters. The number of nitrogens with zero attached hydrogens (tertiary/aromatic N) is 3. The van der Waals surface area contributed by atoms with Crippen molar-refractivity contribution >= 4 is 60.7 Å². The van der Waals surface area contributed by atoms with Crippen molar-refractivity contribution in [3.8, 4) is 0 Å². The fourth-order valence-electron chi connectivity index (χ4n) is 3.61. The predicted octanol–water partition coefficient (Wildman–Crippen LogP) is 5.93. The molecule has 2 rings (SSSR count). The summed E-state index contributed by atoms with van der Waals surface area (Å²) in [4.78, 5) is 0. The third-order valence-corrected chi connectivity index (χ3v) is 8.41. The van der Waals surface area contributed by atoms with Crippen LogP contribution in [-0.4, -0.2) is 36.8 Å². The molecule has 148 valence electrons. The molecule has 1 fully saturated rings. The van der Waals surface area contributed by atoms with Gasteiger partial charge in [0.2, 0.25) is 0 Å². The van der Waals surface area contributed by atoms with Crippen molar-refractivity contribution < 1.29 is 4.74 Å². The van der Waals surface area contributed by atoms with Crippen molar-refractivity contribution in [2.45, 2.75) is 63.5 Å². The van der Waals surface area contributed by atoms with Gasteiger partial charge < -0.3 is 4.74 Å². The van der Waals surface area contributed by atoms with E-state index in [2.05, 4.69) is 60.6 Å². The molecule has 0 bridgehead atoms. The van der Waals surface area contributed by atoms with Gasteiger partial charge in [0.05, 0.1) is 21.6 Å². The van der Waals surface area contributed by atoms with Crippen molar-refractivity contribution in [2.75, 3.05) is 6.61 Å². The zero-order chi connectivity index (χ0) is 20.2. The largest absolute Gasteiger partial charge is 0.461 e. The summed E-state index contributed by atoms with van der Waals surface area (Å²) in [6, 6.07) is 9.70. The molecule has 1 aromatic rings. The standard InChI is InChI=1S/C20H25N3OS3Si/c1-2-17-4-6-18(7-5-17)19-8-10-20(11-9-19)24-12-3-13-28(21-14-25,22-15-26)23-16-27/h4-7,19-20H,2-3,8-13H2,1H3/t19-,20-. The second kappa shape index (κ2) is 12.4. The topological polar surface area (TPSA) is 46.3 Å². The summed E-state index contributed by atoms with van der Waals surface area (Å²) in [5.74, 6) is 0.650. The fourth-order valence-corrected chi connectivity index (χ4v) is 6.47. The van der Waals surface area contributed by atoms with Gasteiger partial charge in [0.1, 0.15) is 0 Å². The number of isothiocyanates is 3. The molecule has 0 aliphatic heterocycles. The van der Waals surface area contributed by atoms with Gasteiger partial charge in [0.15, 0.2) is 0 Å².